The van der Waals surface area contributed by atoms with Gasteiger partial charge in [-0.15, -0.1) is 0 Å². The number of nitrogens with zero attached hydrogens (tertiary/aromatic N) is 1. The van der Waals surface area contributed by atoms with Crippen molar-refractivity contribution in [3.63, 3.8) is 0 Å². The smallest absolute Gasteiger partial charge is 0.234 e. The van der Waals surface area contributed by atoms with Crippen molar-refractivity contribution < 1.29 is 19.1 Å². The number of carbonyl (C=O) groups excluding carboxylic acids is 2. The SMILES string of the molecule is C[C@@H](NC(=O)CN1CCC(C(=O)Nc2ccc3c(c2)OCO3)CC1)c1ccccc1. The van der Waals surface area contributed by atoms with Gasteiger partial charge in [0.25, 0.3) is 0 Å². The number of benzene rings is 2. The average Bonchev–Trinajstić information content (AvgIpc) is 3.22. The molecule has 7 heteroatoms. The van der Waals surface area contributed by atoms with E-state index in [0.29, 0.717) is 23.7 Å². The molecule has 1 atom stereocenters. The Morgan fingerprint density at radius 3 is 2.57 bits per heavy atom. The van der Waals surface area contributed by atoms with Crippen LogP contribution in [0.2, 0.25) is 0 Å². The van der Waals surface area contributed by atoms with E-state index in [0.717, 1.165) is 31.5 Å². The van der Waals surface area contributed by atoms with Crippen LogP contribution in [0.4, 0.5) is 5.69 Å². The number of rotatable bonds is 6. The highest BCUT2D eigenvalue weighted by molar-refractivity contribution is 5.93. The highest BCUT2D eigenvalue weighted by Gasteiger charge is 2.26. The summed E-state index contributed by atoms with van der Waals surface area (Å²) in [5, 5.41) is 6.02. The third kappa shape index (κ3) is 4.91. The summed E-state index contributed by atoms with van der Waals surface area (Å²) in [5.74, 6) is 1.31. The number of hydrogen-bond donors (Lipinski definition) is 2. The van der Waals surface area contributed by atoms with Crippen molar-refractivity contribution in [1.82, 2.24) is 10.2 Å². The molecular weight excluding hydrogens is 382 g/mol. The lowest BCUT2D eigenvalue weighted by Gasteiger charge is -2.31. The van der Waals surface area contributed by atoms with Crippen molar-refractivity contribution in [3.8, 4) is 11.5 Å². The zero-order chi connectivity index (χ0) is 20.9. The molecule has 7 nitrogen and oxygen atoms in total. The summed E-state index contributed by atoms with van der Waals surface area (Å²) in [6.45, 7) is 4.01. The van der Waals surface area contributed by atoms with Crippen LogP contribution in [0.25, 0.3) is 0 Å². The maximum atomic E-state index is 12.6. The number of fused-ring (bicyclic) bond motifs is 1. The van der Waals surface area contributed by atoms with Gasteiger partial charge >= 0.3 is 0 Å². The van der Waals surface area contributed by atoms with Gasteiger partial charge in [0.1, 0.15) is 0 Å². The van der Waals surface area contributed by atoms with Gasteiger partial charge in [-0.2, -0.15) is 0 Å². The molecule has 158 valence electrons. The van der Waals surface area contributed by atoms with E-state index in [-0.39, 0.29) is 30.6 Å². The first kappa shape index (κ1) is 20.2. The van der Waals surface area contributed by atoms with Gasteiger partial charge < -0.3 is 20.1 Å². The predicted octanol–water partition coefficient (Wildman–Crippen LogP) is 2.94. The topological polar surface area (TPSA) is 79.9 Å². The van der Waals surface area contributed by atoms with Gasteiger partial charge in [0, 0.05) is 17.7 Å². The molecule has 0 aromatic heterocycles. The Kier molecular flexibility index (Phi) is 6.18. The second-order valence-electron chi connectivity index (χ2n) is 7.81. The molecule has 0 spiro atoms. The highest BCUT2D eigenvalue weighted by atomic mass is 16.7. The Balaban J connectivity index is 1.21. The number of nitrogens with one attached hydrogen (secondary N) is 2. The monoisotopic (exact) mass is 409 g/mol. The summed E-state index contributed by atoms with van der Waals surface area (Å²) in [6, 6.07) is 15.3. The van der Waals surface area contributed by atoms with Crippen LogP contribution in [0.1, 0.15) is 31.4 Å². The Morgan fingerprint density at radius 2 is 1.80 bits per heavy atom. The number of carbonyl (C=O) groups is 2. The highest BCUT2D eigenvalue weighted by Crippen LogP contribution is 2.34. The minimum absolute atomic E-state index is 0.00890. The van der Waals surface area contributed by atoms with E-state index < -0.39 is 0 Å². The van der Waals surface area contributed by atoms with Gasteiger partial charge in [-0.25, -0.2) is 0 Å². The van der Waals surface area contributed by atoms with Crippen LogP contribution in [0.5, 0.6) is 11.5 Å². The first-order valence-corrected chi connectivity index (χ1v) is 10.4. The van der Waals surface area contributed by atoms with Crippen molar-refractivity contribution in [1.29, 1.82) is 0 Å². The summed E-state index contributed by atoms with van der Waals surface area (Å²) in [7, 11) is 0. The van der Waals surface area contributed by atoms with Crippen LogP contribution >= 0.6 is 0 Å². The second kappa shape index (κ2) is 9.17. The molecule has 2 aromatic carbocycles. The molecule has 2 N–H and O–H groups in total. The fourth-order valence-electron chi connectivity index (χ4n) is 3.89. The van der Waals surface area contributed by atoms with Crippen LogP contribution in [0.3, 0.4) is 0 Å². The first-order valence-electron chi connectivity index (χ1n) is 10.4. The number of anilines is 1. The third-order valence-corrected chi connectivity index (χ3v) is 5.64. The number of hydrogen-bond acceptors (Lipinski definition) is 5. The molecule has 30 heavy (non-hydrogen) atoms. The molecule has 0 saturated carbocycles. The summed E-state index contributed by atoms with van der Waals surface area (Å²) in [6.07, 6.45) is 1.47. The predicted molar refractivity (Wildman–Crippen MR) is 113 cm³/mol. The van der Waals surface area contributed by atoms with Gasteiger partial charge in [-0.3, -0.25) is 14.5 Å². The second-order valence-corrected chi connectivity index (χ2v) is 7.81. The van der Waals surface area contributed by atoms with Crippen LogP contribution in [0, 0.1) is 5.92 Å². The van der Waals surface area contributed by atoms with Crippen molar-refractivity contribution in [2.45, 2.75) is 25.8 Å². The number of ether oxygens (including phenoxy) is 2. The van der Waals surface area contributed by atoms with E-state index in [4.69, 9.17) is 9.47 Å². The molecule has 0 radical (unpaired) electrons. The molecule has 1 saturated heterocycles. The van der Waals surface area contributed by atoms with Crippen molar-refractivity contribution >= 4 is 17.5 Å². The fraction of sp³-hybridized carbons (Fsp3) is 0.391. The maximum Gasteiger partial charge on any atom is 0.234 e. The van der Waals surface area contributed by atoms with E-state index in [2.05, 4.69) is 15.5 Å². The largest absolute Gasteiger partial charge is 0.454 e. The zero-order valence-electron chi connectivity index (χ0n) is 17.1. The van der Waals surface area contributed by atoms with Gasteiger partial charge in [0.2, 0.25) is 18.6 Å². The van der Waals surface area contributed by atoms with Crippen LogP contribution in [-0.2, 0) is 9.59 Å². The van der Waals surface area contributed by atoms with Crippen LogP contribution < -0.4 is 20.1 Å². The average molecular weight is 409 g/mol. The molecule has 1 fully saturated rings. The molecule has 2 heterocycles. The molecule has 2 aliphatic rings. The fourth-order valence-corrected chi connectivity index (χ4v) is 3.89. The van der Waals surface area contributed by atoms with Gasteiger partial charge in [-0.1, -0.05) is 30.3 Å². The Bertz CT molecular complexity index is 895. The van der Waals surface area contributed by atoms with Crippen LogP contribution in [-0.4, -0.2) is 43.1 Å². The van der Waals surface area contributed by atoms with Crippen LogP contribution in [0.15, 0.2) is 48.5 Å². The normalized spacial score (nSPS) is 17.4. The Morgan fingerprint density at radius 1 is 1.07 bits per heavy atom. The lowest BCUT2D eigenvalue weighted by atomic mass is 9.95. The standard InChI is InChI=1S/C23H27N3O4/c1-16(17-5-3-2-4-6-17)24-22(27)14-26-11-9-18(10-12-26)23(28)25-19-7-8-20-21(13-19)30-15-29-20/h2-8,13,16,18H,9-12,14-15H2,1H3,(H,24,27)(H,25,28)/t16-/m1/s1. The quantitative estimate of drug-likeness (QED) is 0.767. The minimum Gasteiger partial charge on any atom is -0.454 e. The summed E-state index contributed by atoms with van der Waals surface area (Å²) in [5.41, 5.74) is 1.80. The molecule has 0 bridgehead atoms. The number of likely N-dealkylation sites (tertiary alicyclic amines) is 1. The molecule has 2 aliphatic heterocycles. The minimum atomic E-state index is -0.0574. The van der Waals surface area contributed by atoms with E-state index >= 15 is 0 Å². The van der Waals surface area contributed by atoms with E-state index in [1.807, 2.05) is 43.3 Å². The lowest BCUT2D eigenvalue weighted by Crippen LogP contribution is -2.43. The Hall–Kier alpha value is -3.06. The van der Waals surface area contributed by atoms with E-state index in [9.17, 15) is 9.59 Å². The summed E-state index contributed by atoms with van der Waals surface area (Å²) < 4.78 is 10.6. The summed E-state index contributed by atoms with van der Waals surface area (Å²) >= 11 is 0. The molecule has 2 aromatic rings. The van der Waals surface area contributed by atoms with Crippen molar-refractivity contribution in [3.05, 3.63) is 54.1 Å². The molecule has 0 aliphatic carbocycles. The van der Waals surface area contributed by atoms with E-state index in [1.165, 1.54) is 0 Å². The van der Waals surface area contributed by atoms with Gasteiger partial charge in [0.15, 0.2) is 11.5 Å². The lowest BCUT2D eigenvalue weighted by molar-refractivity contribution is -0.124. The van der Waals surface area contributed by atoms with E-state index in [1.54, 1.807) is 12.1 Å². The Labute approximate surface area is 176 Å². The third-order valence-electron chi connectivity index (χ3n) is 5.64. The zero-order valence-corrected chi connectivity index (χ0v) is 17.1. The maximum absolute atomic E-state index is 12.6. The molecular formula is C23H27N3O4. The molecule has 0 unspecified atom stereocenters. The molecule has 4 rings (SSSR count). The van der Waals surface area contributed by atoms with Gasteiger partial charge in [-0.05, 0) is 50.6 Å². The first-order chi connectivity index (χ1) is 14.6. The number of piperidine rings is 1. The van der Waals surface area contributed by atoms with Crippen molar-refractivity contribution in [2.75, 3.05) is 31.7 Å². The van der Waals surface area contributed by atoms with Crippen molar-refractivity contribution in [2.24, 2.45) is 5.92 Å². The molecule has 2 amide bonds. The van der Waals surface area contributed by atoms with Gasteiger partial charge in [0.05, 0.1) is 12.6 Å². The summed E-state index contributed by atoms with van der Waals surface area (Å²) in [4.78, 5) is 27.1. The number of amides is 2.